The largest absolute Gasteiger partial charge is 0.479 e. The second kappa shape index (κ2) is 6.25. The third-order valence-electron chi connectivity index (χ3n) is 2.54. The summed E-state index contributed by atoms with van der Waals surface area (Å²) in [6.07, 6.45) is 0.206. The molecule has 0 aliphatic heterocycles. The molecule has 4 heteroatoms. The van der Waals surface area contributed by atoms with Gasteiger partial charge in [-0.05, 0) is 31.0 Å². The van der Waals surface area contributed by atoms with Gasteiger partial charge < -0.3 is 14.6 Å². The van der Waals surface area contributed by atoms with Crippen LogP contribution in [0.5, 0.6) is 5.75 Å². The second-order valence-corrected chi connectivity index (χ2v) is 3.74. The highest BCUT2D eigenvalue weighted by Gasteiger charge is 2.16. The number of carbonyl (C=O) groups excluding carboxylic acids is 1. The number of aryl methyl sites for hydroxylation is 1. The molecule has 1 rings (SSSR count). The summed E-state index contributed by atoms with van der Waals surface area (Å²) in [5.41, 5.74) is 1.80. The highest BCUT2D eigenvalue weighted by Crippen LogP contribution is 2.22. The number of esters is 1. The Morgan fingerprint density at radius 3 is 2.71 bits per heavy atom. The van der Waals surface area contributed by atoms with Crippen LogP contribution in [0.25, 0.3) is 0 Å². The zero-order valence-electron chi connectivity index (χ0n) is 10.4. The predicted octanol–water partition coefficient (Wildman–Crippen LogP) is 1.68. The number of aliphatic hydroxyl groups is 1. The van der Waals surface area contributed by atoms with Gasteiger partial charge in [-0.25, -0.2) is 4.79 Å². The highest BCUT2D eigenvalue weighted by atomic mass is 16.6. The minimum atomic E-state index is -0.683. The first-order chi connectivity index (χ1) is 8.12. The Bertz CT molecular complexity index is 387. The molecule has 0 aliphatic rings. The van der Waals surface area contributed by atoms with Gasteiger partial charge in [-0.2, -0.15) is 0 Å². The summed E-state index contributed by atoms with van der Waals surface area (Å²) in [6, 6.07) is 5.56. The van der Waals surface area contributed by atoms with Crippen molar-refractivity contribution >= 4 is 5.97 Å². The summed E-state index contributed by atoms with van der Waals surface area (Å²) in [5, 5.41) is 9.25. The zero-order valence-corrected chi connectivity index (χ0v) is 10.4. The Labute approximate surface area is 101 Å². The molecule has 17 heavy (non-hydrogen) atoms. The number of carbonyl (C=O) groups is 1. The Kier molecular flexibility index (Phi) is 4.97. The minimum absolute atomic E-state index is 0.114. The van der Waals surface area contributed by atoms with Crippen LogP contribution in [0.15, 0.2) is 18.2 Å². The molecule has 0 amide bonds. The van der Waals surface area contributed by atoms with E-state index in [-0.39, 0.29) is 6.61 Å². The lowest BCUT2D eigenvalue weighted by molar-refractivity contribution is -0.147. The van der Waals surface area contributed by atoms with Crippen LogP contribution in [-0.4, -0.2) is 24.3 Å². The summed E-state index contributed by atoms with van der Waals surface area (Å²) in [6.45, 7) is 3.53. The zero-order chi connectivity index (χ0) is 12.8. The van der Waals surface area contributed by atoms with Crippen molar-refractivity contribution in [3.8, 4) is 5.75 Å². The second-order valence-electron chi connectivity index (χ2n) is 3.74. The minimum Gasteiger partial charge on any atom is -0.479 e. The van der Waals surface area contributed by atoms with Crippen molar-refractivity contribution in [2.75, 3.05) is 7.11 Å². The molecule has 0 aliphatic carbocycles. The number of hydrogen-bond acceptors (Lipinski definition) is 4. The first kappa shape index (κ1) is 13.5. The molecule has 1 unspecified atom stereocenters. The molecule has 1 aromatic carbocycles. The van der Waals surface area contributed by atoms with Crippen LogP contribution in [0.1, 0.15) is 25.0 Å². The van der Waals surface area contributed by atoms with E-state index in [1.807, 2.05) is 19.1 Å². The normalized spacial score (nSPS) is 12.0. The molecule has 0 saturated carbocycles. The quantitative estimate of drug-likeness (QED) is 0.793. The summed E-state index contributed by atoms with van der Waals surface area (Å²) in [7, 11) is 1.31. The average Bonchev–Trinajstić information content (AvgIpc) is 2.37. The molecule has 1 N–H and O–H groups in total. The maximum Gasteiger partial charge on any atom is 0.346 e. The van der Waals surface area contributed by atoms with E-state index >= 15 is 0 Å². The number of benzene rings is 1. The summed E-state index contributed by atoms with van der Waals surface area (Å²) in [4.78, 5) is 11.2. The fraction of sp³-hybridized carbons (Fsp3) is 0.462. The van der Waals surface area contributed by atoms with Gasteiger partial charge in [0.1, 0.15) is 5.75 Å². The van der Waals surface area contributed by atoms with Crippen LogP contribution in [0, 0.1) is 0 Å². The van der Waals surface area contributed by atoms with Crippen molar-refractivity contribution < 1.29 is 19.4 Å². The lowest BCUT2D eigenvalue weighted by atomic mass is 10.1. The maximum atomic E-state index is 11.2. The van der Waals surface area contributed by atoms with Crippen molar-refractivity contribution in [3.63, 3.8) is 0 Å². The van der Waals surface area contributed by atoms with E-state index in [9.17, 15) is 9.90 Å². The Balaban J connectivity index is 2.87. The van der Waals surface area contributed by atoms with Gasteiger partial charge in [-0.15, -0.1) is 0 Å². The number of rotatable bonds is 5. The predicted molar refractivity (Wildman–Crippen MR) is 63.8 cm³/mol. The fourth-order valence-corrected chi connectivity index (χ4v) is 1.50. The van der Waals surface area contributed by atoms with Crippen LogP contribution in [-0.2, 0) is 22.6 Å². The molecular weight excluding hydrogens is 220 g/mol. The molecule has 4 nitrogen and oxygen atoms in total. The Morgan fingerprint density at radius 1 is 1.47 bits per heavy atom. The molecule has 1 aromatic rings. The molecule has 0 bridgehead atoms. The van der Waals surface area contributed by atoms with Crippen LogP contribution in [0.4, 0.5) is 0 Å². The lowest BCUT2D eigenvalue weighted by Gasteiger charge is -2.15. The van der Waals surface area contributed by atoms with Gasteiger partial charge in [0, 0.05) is 5.56 Å². The monoisotopic (exact) mass is 238 g/mol. The maximum absolute atomic E-state index is 11.2. The Hall–Kier alpha value is -1.55. The van der Waals surface area contributed by atoms with E-state index in [2.05, 4.69) is 4.74 Å². The van der Waals surface area contributed by atoms with Gasteiger partial charge in [0.25, 0.3) is 0 Å². The number of ether oxygens (including phenoxy) is 2. The SMILES string of the molecule is CCc1ccc(OC(C)C(=O)OC)c(CO)c1. The number of hydrogen-bond donors (Lipinski definition) is 1. The average molecular weight is 238 g/mol. The van der Waals surface area contributed by atoms with Crippen LogP contribution in [0.3, 0.4) is 0 Å². The van der Waals surface area contributed by atoms with Gasteiger partial charge in [0.15, 0.2) is 6.10 Å². The first-order valence-corrected chi connectivity index (χ1v) is 5.59. The first-order valence-electron chi connectivity index (χ1n) is 5.59. The summed E-state index contributed by atoms with van der Waals surface area (Å²) in [5.74, 6) is 0.0797. The van der Waals surface area contributed by atoms with E-state index in [1.165, 1.54) is 7.11 Å². The molecule has 94 valence electrons. The third kappa shape index (κ3) is 3.46. The van der Waals surface area contributed by atoms with Crippen LogP contribution >= 0.6 is 0 Å². The van der Waals surface area contributed by atoms with Gasteiger partial charge in [-0.3, -0.25) is 0 Å². The number of aliphatic hydroxyl groups excluding tert-OH is 1. The van der Waals surface area contributed by atoms with E-state index in [4.69, 9.17) is 4.74 Å². The molecule has 0 saturated heterocycles. The molecule has 0 fully saturated rings. The van der Waals surface area contributed by atoms with Crippen molar-refractivity contribution in [2.24, 2.45) is 0 Å². The molecule has 0 spiro atoms. The van der Waals surface area contributed by atoms with Gasteiger partial charge in [0.2, 0.25) is 0 Å². The number of methoxy groups -OCH3 is 1. The molecular formula is C13H18O4. The van der Waals surface area contributed by atoms with Crippen molar-refractivity contribution in [3.05, 3.63) is 29.3 Å². The summed E-state index contributed by atoms with van der Waals surface area (Å²) >= 11 is 0. The van der Waals surface area contributed by atoms with E-state index < -0.39 is 12.1 Å². The Morgan fingerprint density at radius 2 is 2.18 bits per heavy atom. The van der Waals surface area contributed by atoms with Crippen molar-refractivity contribution in [1.82, 2.24) is 0 Å². The molecule has 0 heterocycles. The standard InChI is InChI=1S/C13H18O4/c1-4-10-5-6-12(11(7-10)8-14)17-9(2)13(15)16-3/h5-7,9,14H,4,8H2,1-3H3. The van der Waals surface area contributed by atoms with Gasteiger partial charge in [-0.1, -0.05) is 13.0 Å². The highest BCUT2D eigenvalue weighted by molar-refractivity contribution is 5.74. The third-order valence-corrected chi connectivity index (χ3v) is 2.54. The van der Waals surface area contributed by atoms with Crippen molar-refractivity contribution in [1.29, 1.82) is 0 Å². The fourth-order valence-electron chi connectivity index (χ4n) is 1.50. The van der Waals surface area contributed by atoms with Gasteiger partial charge in [0.05, 0.1) is 13.7 Å². The molecule has 1 atom stereocenters. The van der Waals surface area contributed by atoms with Crippen LogP contribution in [0.2, 0.25) is 0 Å². The van der Waals surface area contributed by atoms with E-state index in [0.29, 0.717) is 11.3 Å². The smallest absolute Gasteiger partial charge is 0.346 e. The van der Waals surface area contributed by atoms with E-state index in [1.54, 1.807) is 13.0 Å². The van der Waals surface area contributed by atoms with Crippen LogP contribution < -0.4 is 4.74 Å². The molecule has 0 radical (unpaired) electrons. The van der Waals surface area contributed by atoms with Crippen molar-refractivity contribution in [2.45, 2.75) is 33.0 Å². The topological polar surface area (TPSA) is 55.8 Å². The van der Waals surface area contributed by atoms with Gasteiger partial charge >= 0.3 is 5.97 Å². The lowest BCUT2D eigenvalue weighted by Crippen LogP contribution is -2.25. The summed E-state index contributed by atoms with van der Waals surface area (Å²) < 4.78 is 10.0. The molecule has 0 aromatic heterocycles. The van der Waals surface area contributed by atoms with E-state index in [0.717, 1.165) is 12.0 Å².